The van der Waals surface area contributed by atoms with Gasteiger partial charge in [0.2, 0.25) is 0 Å². The van der Waals surface area contributed by atoms with Gasteiger partial charge >= 0.3 is 0 Å². The van der Waals surface area contributed by atoms with E-state index in [0.717, 1.165) is 12.8 Å². The van der Waals surface area contributed by atoms with Crippen LogP contribution in [0.4, 0.5) is 0 Å². The molecule has 64 valence electrons. The Morgan fingerprint density at radius 3 is 1.82 bits per heavy atom. The second kappa shape index (κ2) is 8.12. The fraction of sp³-hybridized carbons (Fsp3) is 1.00. The molecule has 0 spiro atoms. The first-order valence-electron chi connectivity index (χ1n) is 4.70. The molecule has 0 amide bonds. The summed E-state index contributed by atoms with van der Waals surface area (Å²) in [6.45, 7) is 4.38. The second-order valence-electron chi connectivity index (χ2n) is 3.04. The maximum atomic E-state index is 5.15. The lowest BCUT2D eigenvalue weighted by Gasteiger charge is -2.14. The van der Waals surface area contributed by atoms with Crippen molar-refractivity contribution in [2.45, 2.75) is 58.5 Å². The smallest absolute Gasteiger partial charge is 0.283 e. The van der Waals surface area contributed by atoms with Crippen molar-refractivity contribution < 1.29 is 4.65 Å². The van der Waals surface area contributed by atoms with Crippen LogP contribution < -0.4 is 0 Å². The minimum absolute atomic E-state index is 0.301. The summed E-state index contributed by atoms with van der Waals surface area (Å²) >= 11 is 0. The number of hydrogen-bond donors (Lipinski definition) is 0. The highest BCUT2D eigenvalue weighted by Crippen LogP contribution is 2.10. The molecule has 0 aliphatic rings. The van der Waals surface area contributed by atoms with Crippen LogP contribution in [0.15, 0.2) is 0 Å². The van der Waals surface area contributed by atoms with E-state index in [1.165, 1.54) is 25.7 Å². The molecule has 2 heteroatoms. The van der Waals surface area contributed by atoms with E-state index in [1.54, 1.807) is 0 Å². The van der Waals surface area contributed by atoms with Gasteiger partial charge in [0.25, 0.3) is 8.05 Å². The van der Waals surface area contributed by atoms with Crippen LogP contribution >= 0.6 is 0 Å². The summed E-state index contributed by atoms with van der Waals surface area (Å²) in [5.41, 5.74) is 0. The third-order valence-electron chi connectivity index (χ3n) is 1.95. The topological polar surface area (TPSA) is 9.23 Å². The van der Waals surface area contributed by atoms with E-state index in [-0.39, 0.29) is 0 Å². The molecule has 0 saturated carbocycles. The molecular formula is C9H19BO. The van der Waals surface area contributed by atoms with Gasteiger partial charge in [-0.1, -0.05) is 39.5 Å². The Morgan fingerprint density at radius 1 is 1.09 bits per heavy atom. The van der Waals surface area contributed by atoms with Crippen molar-refractivity contribution in [1.82, 2.24) is 0 Å². The molecule has 0 unspecified atom stereocenters. The van der Waals surface area contributed by atoms with Crippen LogP contribution in [0.3, 0.4) is 0 Å². The third-order valence-corrected chi connectivity index (χ3v) is 1.95. The molecule has 11 heavy (non-hydrogen) atoms. The molecule has 0 rings (SSSR count). The molecule has 0 aromatic rings. The van der Waals surface area contributed by atoms with Gasteiger partial charge in [0.05, 0.1) is 0 Å². The summed E-state index contributed by atoms with van der Waals surface area (Å²) in [6.07, 6.45) is 7.45. The summed E-state index contributed by atoms with van der Waals surface area (Å²) in [7, 11) is 5.15. The zero-order chi connectivity index (χ0) is 8.53. The lowest BCUT2D eigenvalue weighted by atomic mass is 10.1. The molecular weight excluding hydrogens is 135 g/mol. The summed E-state index contributed by atoms with van der Waals surface area (Å²) in [5, 5.41) is 0. The van der Waals surface area contributed by atoms with Crippen molar-refractivity contribution in [1.29, 1.82) is 0 Å². The van der Waals surface area contributed by atoms with Crippen LogP contribution in [-0.4, -0.2) is 14.2 Å². The summed E-state index contributed by atoms with van der Waals surface area (Å²) in [4.78, 5) is 0. The molecule has 0 atom stereocenters. The molecule has 0 N–H and O–H groups in total. The van der Waals surface area contributed by atoms with Crippen LogP contribution in [0.25, 0.3) is 0 Å². The Morgan fingerprint density at radius 2 is 1.55 bits per heavy atom. The molecule has 0 heterocycles. The molecule has 1 nitrogen and oxygen atoms in total. The zero-order valence-electron chi connectivity index (χ0n) is 7.81. The quantitative estimate of drug-likeness (QED) is 0.512. The van der Waals surface area contributed by atoms with E-state index in [1.807, 2.05) is 0 Å². The number of unbranched alkanes of at least 4 members (excludes halogenated alkanes) is 2. The third kappa shape index (κ3) is 6.42. The van der Waals surface area contributed by atoms with E-state index in [2.05, 4.69) is 13.8 Å². The van der Waals surface area contributed by atoms with Crippen molar-refractivity contribution >= 4 is 8.05 Å². The van der Waals surface area contributed by atoms with E-state index in [0.29, 0.717) is 6.10 Å². The predicted octanol–water partition coefficient (Wildman–Crippen LogP) is 2.84. The molecule has 0 aliphatic carbocycles. The van der Waals surface area contributed by atoms with Gasteiger partial charge in [-0.3, -0.25) is 0 Å². The minimum atomic E-state index is 0.301. The summed E-state index contributed by atoms with van der Waals surface area (Å²) < 4.78 is 4.85. The van der Waals surface area contributed by atoms with Gasteiger partial charge in [0.15, 0.2) is 0 Å². The van der Waals surface area contributed by atoms with Crippen molar-refractivity contribution in [3.8, 4) is 0 Å². The van der Waals surface area contributed by atoms with E-state index >= 15 is 0 Å². The Balaban J connectivity index is 3.25. The van der Waals surface area contributed by atoms with Gasteiger partial charge in [-0.25, -0.2) is 0 Å². The Hall–Kier alpha value is 0.0249. The lowest BCUT2D eigenvalue weighted by molar-refractivity contribution is 0.191. The van der Waals surface area contributed by atoms with Crippen LogP contribution in [0.2, 0.25) is 0 Å². The lowest BCUT2D eigenvalue weighted by Crippen LogP contribution is -2.10. The zero-order valence-corrected chi connectivity index (χ0v) is 7.81. The normalized spacial score (nSPS) is 10.8. The van der Waals surface area contributed by atoms with Gasteiger partial charge in [-0.05, 0) is 12.8 Å². The highest BCUT2D eigenvalue weighted by atomic mass is 16.4. The molecule has 0 aromatic heterocycles. The first-order chi connectivity index (χ1) is 5.35. The average molecular weight is 154 g/mol. The highest BCUT2D eigenvalue weighted by molar-refractivity contribution is 5.98. The molecule has 0 aromatic carbocycles. The van der Waals surface area contributed by atoms with Crippen molar-refractivity contribution in [2.24, 2.45) is 0 Å². The van der Waals surface area contributed by atoms with Crippen LogP contribution in [0.1, 0.15) is 52.4 Å². The Kier molecular flexibility index (Phi) is 8.14. The van der Waals surface area contributed by atoms with Crippen LogP contribution in [0, 0.1) is 0 Å². The predicted molar refractivity (Wildman–Crippen MR) is 49.7 cm³/mol. The largest absolute Gasteiger partial charge is 0.445 e. The first kappa shape index (κ1) is 11.0. The maximum absolute atomic E-state index is 5.15. The molecule has 0 fully saturated rings. The summed E-state index contributed by atoms with van der Waals surface area (Å²) in [6, 6.07) is 0. The van der Waals surface area contributed by atoms with Gasteiger partial charge in [-0.2, -0.15) is 0 Å². The average Bonchev–Trinajstić information content (AvgIpc) is 2.05. The van der Waals surface area contributed by atoms with Gasteiger partial charge in [-0.15, -0.1) is 0 Å². The standard InChI is InChI=1S/C9H19BO/c1-3-5-7-9(11-10)8-6-4-2/h9H,3-8H2,1-2H3. The maximum Gasteiger partial charge on any atom is 0.283 e. The van der Waals surface area contributed by atoms with Crippen LogP contribution in [-0.2, 0) is 4.65 Å². The van der Waals surface area contributed by atoms with Gasteiger partial charge in [0, 0.05) is 6.10 Å². The highest BCUT2D eigenvalue weighted by Gasteiger charge is 2.03. The monoisotopic (exact) mass is 154 g/mol. The number of rotatable bonds is 7. The van der Waals surface area contributed by atoms with Crippen molar-refractivity contribution in [3.05, 3.63) is 0 Å². The number of hydrogen-bond acceptors (Lipinski definition) is 1. The molecule has 0 bridgehead atoms. The molecule has 0 aliphatic heterocycles. The van der Waals surface area contributed by atoms with Crippen LogP contribution in [0.5, 0.6) is 0 Å². The SMILES string of the molecule is [B]OC(CCCC)CCCC. The van der Waals surface area contributed by atoms with Gasteiger partial charge in [0.1, 0.15) is 0 Å². The molecule has 2 radical (unpaired) electrons. The fourth-order valence-corrected chi connectivity index (χ4v) is 1.14. The Labute approximate surface area is 72.0 Å². The first-order valence-corrected chi connectivity index (χ1v) is 4.70. The minimum Gasteiger partial charge on any atom is -0.445 e. The van der Waals surface area contributed by atoms with Crippen molar-refractivity contribution in [2.75, 3.05) is 0 Å². The van der Waals surface area contributed by atoms with E-state index in [4.69, 9.17) is 12.7 Å². The fourth-order valence-electron chi connectivity index (χ4n) is 1.14. The second-order valence-corrected chi connectivity index (χ2v) is 3.04. The van der Waals surface area contributed by atoms with Gasteiger partial charge < -0.3 is 4.65 Å². The summed E-state index contributed by atoms with van der Waals surface area (Å²) in [5.74, 6) is 0. The van der Waals surface area contributed by atoms with E-state index in [9.17, 15) is 0 Å². The van der Waals surface area contributed by atoms with Crippen molar-refractivity contribution in [3.63, 3.8) is 0 Å². The Bertz CT molecular complexity index is 68.0. The van der Waals surface area contributed by atoms with E-state index < -0.39 is 0 Å². The molecule has 0 saturated heterocycles.